The van der Waals surface area contributed by atoms with E-state index in [0.717, 1.165) is 11.1 Å². The number of aromatic nitrogens is 4. The van der Waals surface area contributed by atoms with Gasteiger partial charge in [0.05, 0.1) is 12.1 Å². The lowest BCUT2D eigenvalue weighted by Gasteiger charge is -2.09. The number of carbonyl (C=O) groups is 1. The highest BCUT2D eigenvalue weighted by Crippen LogP contribution is 2.21. The molecule has 1 N–H and O–H groups in total. The first-order valence-corrected chi connectivity index (χ1v) is 8.93. The molecule has 0 fully saturated rings. The van der Waals surface area contributed by atoms with Gasteiger partial charge < -0.3 is 9.73 Å². The van der Waals surface area contributed by atoms with Gasteiger partial charge >= 0.3 is 0 Å². The van der Waals surface area contributed by atoms with E-state index in [0.29, 0.717) is 29.7 Å². The summed E-state index contributed by atoms with van der Waals surface area (Å²) in [5.74, 6) is 1.73. The van der Waals surface area contributed by atoms with Crippen molar-refractivity contribution in [2.75, 3.05) is 0 Å². The first-order chi connectivity index (χ1) is 13.7. The van der Waals surface area contributed by atoms with E-state index in [2.05, 4.69) is 20.4 Å². The largest absolute Gasteiger partial charge is 0.441 e. The fourth-order valence-corrected chi connectivity index (χ4v) is 2.87. The van der Waals surface area contributed by atoms with E-state index in [9.17, 15) is 4.79 Å². The van der Waals surface area contributed by atoms with Gasteiger partial charge in [-0.2, -0.15) is 5.10 Å². The van der Waals surface area contributed by atoms with E-state index >= 15 is 0 Å². The molecule has 1 amide bonds. The second-order valence-electron chi connectivity index (χ2n) is 6.28. The lowest BCUT2D eigenvalue weighted by Crippen LogP contribution is -2.25. The zero-order valence-corrected chi connectivity index (χ0v) is 15.4. The number of nitrogens with zero attached hydrogens (tertiary/aromatic N) is 4. The molecule has 0 atom stereocenters. The van der Waals surface area contributed by atoms with Gasteiger partial charge in [-0.25, -0.2) is 14.6 Å². The van der Waals surface area contributed by atoms with Crippen LogP contribution in [0.2, 0.25) is 0 Å². The van der Waals surface area contributed by atoms with Gasteiger partial charge in [-0.3, -0.25) is 4.79 Å². The summed E-state index contributed by atoms with van der Waals surface area (Å²) in [7, 11) is 0. The highest BCUT2D eigenvalue weighted by atomic mass is 16.4. The lowest BCUT2D eigenvalue weighted by molar-refractivity contribution is -0.120. The Hall–Kier alpha value is -3.74. The summed E-state index contributed by atoms with van der Waals surface area (Å²) >= 11 is 0. The van der Waals surface area contributed by atoms with Crippen molar-refractivity contribution in [1.29, 1.82) is 0 Å². The van der Waals surface area contributed by atoms with Crippen molar-refractivity contribution in [3.8, 4) is 17.3 Å². The molecule has 0 saturated heterocycles. The van der Waals surface area contributed by atoms with Crippen LogP contribution in [0.1, 0.15) is 17.0 Å². The third kappa shape index (κ3) is 3.83. The molecule has 28 heavy (non-hydrogen) atoms. The molecule has 0 saturated carbocycles. The summed E-state index contributed by atoms with van der Waals surface area (Å²) in [5.41, 5.74) is 2.40. The number of carbonyl (C=O) groups excluding carboxylic acids is 1. The number of benzene rings is 1. The minimum Gasteiger partial charge on any atom is -0.441 e. The zero-order valence-electron chi connectivity index (χ0n) is 15.4. The maximum Gasteiger partial charge on any atom is 0.226 e. The minimum absolute atomic E-state index is 0.133. The van der Waals surface area contributed by atoms with E-state index in [-0.39, 0.29) is 12.3 Å². The van der Waals surface area contributed by atoms with Gasteiger partial charge in [0.2, 0.25) is 11.8 Å². The average molecular weight is 373 g/mol. The van der Waals surface area contributed by atoms with Gasteiger partial charge in [-0.15, -0.1) is 0 Å². The number of aryl methyl sites for hydroxylation is 1. The molecule has 3 aromatic heterocycles. The molecule has 1 aromatic carbocycles. The first-order valence-electron chi connectivity index (χ1n) is 8.93. The van der Waals surface area contributed by atoms with E-state index in [1.54, 1.807) is 17.1 Å². The maximum atomic E-state index is 12.4. The molecule has 140 valence electrons. The molecule has 7 nitrogen and oxygen atoms in total. The third-order valence-corrected chi connectivity index (χ3v) is 4.31. The van der Waals surface area contributed by atoms with Crippen LogP contribution in [0.5, 0.6) is 0 Å². The Balaban J connectivity index is 1.43. The Bertz CT molecular complexity index is 1070. The quantitative estimate of drug-likeness (QED) is 0.561. The molecule has 0 aliphatic heterocycles. The van der Waals surface area contributed by atoms with Crippen molar-refractivity contribution in [3.05, 3.63) is 84.1 Å². The predicted molar refractivity (Wildman–Crippen MR) is 104 cm³/mol. The van der Waals surface area contributed by atoms with Crippen molar-refractivity contribution in [3.63, 3.8) is 0 Å². The van der Waals surface area contributed by atoms with Crippen molar-refractivity contribution in [2.45, 2.75) is 19.9 Å². The maximum absolute atomic E-state index is 12.4. The molecular weight excluding hydrogens is 354 g/mol. The topological polar surface area (TPSA) is 85.8 Å². The number of hydrogen-bond donors (Lipinski definition) is 1. The van der Waals surface area contributed by atoms with Crippen LogP contribution in [0.4, 0.5) is 0 Å². The van der Waals surface area contributed by atoms with E-state index in [1.165, 1.54) is 0 Å². The van der Waals surface area contributed by atoms with Gasteiger partial charge in [0.15, 0.2) is 5.82 Å². The molecule has 0 aliphatic carbocycles. The third-order valence-electron chi connectivity index (χ3n) is 4.31. The number of pyridine rings is 1. The number of amides is 1. The fraction of sp³-hybridized carbons (Fsp3) is 0.143. The molecule has 4 rings (SSSR count). The highest BCUT2D eigenvalue weighted by molar-refractivity contribution is 5.78. The van der Waals surface area contributed by atoms with Crippen LogP contribution in [0, 0.1) is 6.92 Å². The van der Waals surface area contributed by atoms with Crippen molar-refractivity contribution in [1.82, 2.24) is 25.1 Å². The summed E-state index contributed by atoms with van der Waals surface area (Å²) in [6.07, 6.45) is 5.36. The Kier molecular flexibility index (Phi) is 4.97. The number of oxazole rings is 1. The van der Waals surface area contributed by atoms with Gasteiger partial charge in [-0.05, 0) is 31.2 Å². The first kappa shape index (κ1) is 17.7. The Morgan fingerprint density at radius 3 is 2.75 bits per heavy atom. The molecule has 0 radical (unpaired) electrons. The van der Waals surface area contributed by atoms with Crippen LogP contribution in [-0.2, 0) is 17.8 Å². The van der Waals surface area contributed by atoms with Crippen LogP contribution in [0.3, 0.4) is 0 Å². The van der Waals surface area contributed by atoms with E-state index < -0.39 is 0 Å². The van der Waals surface area contributed by atoms with Gasteiger partial charge in [0.25, 0.3) is 0 Å². The highest BCUT2D eigenvalue weighted by Gasteiger charge is 2.15. The molecule has 0 bridgehead atoms. The number of nitrogens with one attached hydrogen (secondary N) is 1. The Morgan fingerprint density at radius 2 is 1.96 bits per heavy atom. The molecule has 3 heterocycles. The summed E-state index contributed by atoms with van der Waals surface area (Å²) in [5, 5.41) is 7.13. The monoisotopic (exact) mass is 373 g/mol. The van der Waals surface area contributed by atoms with Crippen LogP contribution in [0.15, 0.2) is 71.5 Å². The second-order valence-corrected chi connectivity index (χ2v) is 6.28. The molecular formula is C21H19N5O2. The van der Waals surface area contributed by atoms with Crippen LogP contribution >= 0.6 is 0 Å². The lowest BCUT2D eigenvalue weighted by atomic mass is 10.2. The van der Waals surface area contributed by atoms with Gasteiger partial charge in [-0.1, -0.05) is 24.3 Å². The van der Waals surface area contributed by atoms with E-state index in [4.69, 9.17) is 4.42 Å². The van der Waals surface area contributed by atoms with Crippen molar-refractivity contribution in [2.24, 2.45) is 0 Å². The van der Waals surface area contributed by atoms with Crippen LogP contribution in [0.25, 0.3) is 17.3 Å². The summed E-state index contributed by atoms with van der Waals surface area (Å²) < 4.78 is 7.40. The number of hydrogen-bond acceptors (Lipinski definition) is 5. The predicted octanol–water partition coefficient (Wildman–Crippen LogP) is 3.09. The summed E-state index contributed by atoms with van der Waals surface area (Å²) in [6.45, 7) is 2.17. The zero-order chi connectivity index (χ0) is 19.3. The molecule has 0 spiro atoms. The summed E-state index contributed by atoms with van der Waals surface area (Å²) in [4.78, 5) is 21.3. The van der Waals surface area contributed by atoms with Gasteiger partial charge in [0, 0.05) is 36.3 Å². The Labute approximate surface area is 162 Å². The van der Waals surface area contributed by atoms with Crippen molar-refractivity contribution < 1.29 is 9.21 Å². The molecule has 0 aliphatic rings. The van der Waals surface area contributed by atoms with Gasteiger partial charge in [0.1, 0.15) is 5.76 Å². The van der Waals surface area contributed by atoms with Crippen molar-refractivity contribution >= 4 is 5.91 Å². The SMILES string of the molecule is Cc1oc(-c2ccccc2)nc1CC(=O)NCc1cccnc1-n1cccn1. The number of rotatable bonds is 6. The second kappa shape index (κ2) is 7.87. The average Bonchev–Trinajstić information content (AvgIpc) is 3.38. The molecule has 7 heteroatoms. The van der Waals surface area contributed by atoms with E-state index in [1.807, 2.05) is 61.7 Å². The Morgan fingerprint density at radius 1 is 1.11 bits per heavy atom. The standard InChI is InChI=1S/C21H19N5O2/c1-15-18(25-21(28-15)16-7-3-2-4-8-16)13-19(27)23-14-17-9-5-10-22-20(17)26-12-6-11-24-26/h2-12H,13-14H2,1H3,(H,23,27). The molecule has 0 unspecified atom stereocenters. The van der Waals surface area contributed by atoms with Crippen LogP contribution in [-0.4, -0.2) is 25.7 Å². The fourth-order valence-electron chi connectivity index (χ4n) is 2.87. The van der Waals surface area contributed by atoms with Crippen LogP contribution < -0.4 is 5.32 Å². The summed E-state index contributed by atoms with van der Waals surface area (Å²) in [6, 6.07) is 15.2. The smallest absolute Gasteiger partial charge is 0.226 e. The molecule has 4 aromatic rings. The minimum atomic E-state index is -0.133. The normalized spacial score (nSPS) is 10.8.